The highest BCUT2D eigenvalue weighted by Crippen LogP contribution is 2.30. The molecule has 0 radical (unpaired) electrons. The molecule has 2 aromatic heterocycles. The Hall–Kier alpha value is -2.71. The maximum Gasteiger partial charge on any atom is 0.227 e. The number of para-hydroxylation sites is 1. The van der Waals surface area contributed by atoms with Gasteiger partial charge in [-0.3, -0.25) is 14.0 Å². The Kier molecular flexibility index (Phi) is 4.37. The number of anilines is 1. The van der Waals surface area contributed by atoms with Crippen molar-refractivity contribution in [1.29, 1.82) is 0 Å². The van der Waals surface area contributed by atoms with Gasteiger partial charge in [0.2, 0.25) is 10.9 Å². The third-order valence-corrected chi connectivity index (χ3v) is 6.76. The van der Waals surface area contributed by atoms with E-state index in [-0.39, 0.29) is 17.4 Å². The standard InChI is InChI=1S/C20H16N4O2S2/c25-16(13-7-9-14(10-8-13)23-11-3-6-18(23)26)12-27-19-21-22-20-24(19)15-4-1-2-5-17(15)28-20/h1-2,4-5,7-10H,3,6,11-12H2. The molecule has 2 aromatic carbocycles. The zero-order valence-corrected chi connectivity index (χ0v) is 16.5. The average molecular weight is 409 g/mol. The summed E-state index contributed by atoms with van der Waals surface area (Å²) in [5, 5.41) is 9.19. The van der Waals surface area contributed by atoms with E-state index in [9.17, 15) is 9.59 Å². The highest BCUT2D eigenvalue weighted by Gasteiger charge is 2.22. The molecule has 28 heavy (non-hydrogen) atoms. The number of amides is 1. The molecule has 0 aliphatic carbocycles. The van der Waals surface area contributed by atoms with E-state index in [4.69, 9.17) is 0 Å². The quantitative estimate of drug-likeness (QED) is 0.368. The van der Waals surface area contributed by atoms with Crippen molar-refractivity contribution in [3.05, 3.63) is 54.1 Å². The first-order chi connectivity index (χ1) is 13.7. The lowest BCUT2D eigenvalue weighted by Crippen LogP contribution is -2.23. The number of ketones is 1. The minimum absolute atomic E-state index is 0.0283. The van der Waals surface area contributed by atoms with Gasteiger partial charge in [0.25, 0.3) is 0 Å². The Morgan fingerprint density at radius 2 is 1.93 bits per heavy atom. The Bertz CT molecular complexity index is 1200. The number of thioether (sulfide) groups is 1. The van der Waals surface area contributed by atoms with E-state index in [1.165, 1.54) is 11.8 Å². The van der Waals surface area contributed by atoms with Gasteiger partial charge in [-0.25, -0.2) is 0 Å². The molecule has 5 rings (SSSR count). The second-order valence-corrected chi connectivity index (χ2v) is 8.53. The van der Waals surface area contributed by atoms with Crippen molar-refractivity contribution in [2.45, 2.75) is 18.0 Å². The van der Waals surface area contributed by atoms with Crippen LogP contribution in [0.15, 0.2) is 53.7 Å². The largest absolute Gasteiger partial charge is 0.312 e. The molecule has 4 aromatic rings. The summed E-state index contributed by atoms with van der Waals surface area (Å²) in [6.07, 6.45) is 1.49. The first-order valence-electron chi connectivity index (χ1n) is 9.00. The van der Waals surface area contributed by atoms with Crippen molar-refractivity contribution in [1.82, 2.24) is 14.6 Å². The van der Waals surface area contributed by atoms with Crippen molar-refractivity contribution in [2.75, 3.05) is 17.2 Å². The summed E-state index contributed by atoms with van der Waals surface area (Å²) in [4.78, 5) is 27.1. The van der Waals surface area contributed by atoms with E-state index >= 15 is 0 Å². The lowest BCUT2D eigenvalue weighted by Gasteiger charge is -2.15. The van der Waals surface area contributed by atoms with Gasteiger partial charge >= 0.3 is 0 Å². The molecule has 0 atom stereocenters. The monoisotopic (exact) mass is 408 g/mol. The van der Waals surface area contributed by atoms with Crippen LogP contribution in [0, 0.1) is 0 Å². The van der Waals surface area contributed by atoms with Gasteiger partial charge in [-0.1, -0.05) is 35.2 Å². The number of rotatable bonds is 5. The fraction of sp³-hybridized carbons (Fsp3) is 0.200. The third-order valence-electron chi connectivity index (χ3n) is 4.82. The van der Waals surface area contributed by atoms with Gasteiger partial charge in [0, 0.05) is 24.2 Å². The number of nitrogens with zero attached hydrogens (tertiary/aromatic N) is 4. The van der Waals surface area contributed by atoms with Crippen LogP contribution in [-0.2, 0) is 4.79 Å². The molecule has 1 aliphatic heterocycles. The van der Waals surface area contributed by atoms with Crippen molar-refractivity contribution in [3.63, 3.8) is 0 Å². The van der Waals surface area contributed by atoms with Crippen LogP contribution in [0.1, 0.15) is 23.2 Å². The van der Waals surface area contributed by atoms with Crippen molar-refractivity contribution < 1.29 is 9.59 Å². The van der Waals surface area contributed by atoms with Gasteiger partial charge in [-0.15, -0.1) is 10.2 Å². The predicted octanol–water partition coefficient (Wildman–Crippen LogP) is 4.05. The molecule has 0 saturated carbocycles. The van der Waals surface area contributed by atoms with Crippen LogP contribution >= 0.6 is 23.1 Å². The Balaban J connectivity index is 1.32. The van der Waals surface area contributed by atoms with E-state index in [1.807, 2.05) is 34.7 Å². The molecule has 1 fully saturated rings. The Morgan fingerprint density at radius 1 is 1.11 bits per heavy atom. The molecule has 6 nitrogen and oxygen atoms in total. The van der Waals surface area contributed by atoms with Crippen LogP contribution in [0.2, 0.25) is 0 Å². The second kappa shape index (κ2) is 7.03. The smallest absolute Gasteiger partial charge is 0.227 e. The lowest BCUT2D eigenvalue weighted by molar-refractivity contribution is -0.117. The zero-order chi connectivity index (χ0) is 19.1. The van der Waals surface area contributed by atoms with Crippen LogP contribution in [0.4, 0.5) is 5.69 Å². The number of carbonyl (C=O) groups excluding carboxylic acids is 2. The van der Waals surface area contributed by atoms with Gasteiger partial charge < -0.3 is 4.90 Å². The summed E-state index contributed by atoms with van der Waals surface area (Å²) in [7, 11) is 0. The molecule has 0 spiro atoms. The number of hydrogen-bond acceptors (Lipinski definition) is 6. The van der Waals surface area contributed by atoms with E-state index in [0.717, 1.165) is 39.0 Å². The van der Waals surface area contributed by atoms with Crippen molar-refractivity contribution in [2.24, 2.45) is 0 Å². The summed E-state index contributed by atoms with van der Waals surface area (Å²) >= 11 is 2.98. The van der Waals surface area contributed by atoms with E-state index in [0.29, 0.717) is 12.0 Å². The second-order valence-electron chi connectivity index (χ2n) is 6.58. The molecule has 3 heterocycles. The SMILES string of the molecule is O=C(CSc1nnc2sc3ccccc3n12)c1ccc(N2CCCC2=O)cc1. The van der Waals surface area contributed by atoms with Crippen LogP contribution in [0.25, 0.3) is 15.2 Å². The molecular formula is C20H16N4O2S2. The molecule has 140 valence electrons. The molecule has 0 N–H and O–H groups in total. The number of aromatic nitrogens is 3. The van der Waals surface area contributed by atoms with Gasteiger partial charge in [0.1, 0.15) is 0 Å². The van der Waals surface area contributed by atoms with Gasteiger partial charge in [-0.2, -0.15) is 0 Å². The maximum atomic E-state index is 12.6. The topological polar surface area (TPSA) is 67.6 Å². The molecule has 1 aliphatic rings. The highest BCUT2D eigenvalue weighted by molar-refractivity contribution is 7.99. The molecule has 1 saturated heterocycles. The fourth-order valence-electron chi connectivity index (χ4n) is 3.41. The van der Waals surface area contributed by atoms with E-state index < -0.39 is 0 Å². The average Bonchev–Trinajstić information content (AvgIpc) is 3.41. The van der Waals surface area contributed by atoms with Gasteiger partial charge in [0.15, 0.2) is 10.9 Å². The molecule has 0 bridgehead atoms. The molecule has 8 heteroatoms. The van der Waals surface area contributed by atoms with Crippen LogP contribution in [0.3, 0.4) is 0 Å². The number of Topliss-reactive ketones (excluding diaryl/α,β-unsaturated/α-hetero) is 1. The van der Waals surface area contributed by atoms with E-state index in [2.05, 4.69) is 16.3 Å². The van der Waals surface area contributed by atoms with Gasteiger partial charge in [0.05, 0.1) is 16.0 Å². The minimum Gasteiger partial charge on any atom is -0.312 e. The van der Waals surface area contributed by atoms with Crippen molar-refractivity contribution >= 4 is 55.7 Å². The Morgan fingerprint density at radius 3 is 2.71 bits per heavy atom. The third kappa shape index (κ3) is 2.98. The number of benzene rings is 2. The highest BCUT2D eigenvalue weighted by atomic mass is 32.2. The number of carbonyl (C=O) groups is 2. The molecule has 0 unspecified atom stereocenters. The van der Waals surface area contributed by atoms with Crippen molar-refractivity contribution in [3.8, 4) is 0 Å². The summed E-state index contributed by atoms with van der Waals surface area (Å²) in [6.45, 7) is 0.749. The minimum atomic E-state index is 0.0283. The summed E-state index contributed by atoms with van der Waals surface area (Å²) in [6, 6.07) is 15.4. The zero-order valence-electron chi connectivity index (χ0n) is 14.9. The summed E-state index contributed by atoms with van der Waals surface area (Å²) in [5.74, 6) is 0.460. The van der Waals surface area contributed by atoms with Gasteiger partial charge in [-0.05, 0) is 42.8 Å². The first kappa shape index (κ1) is 17.4. The number of fused-ring (bicyclic) bond motifs is 3. The Labute approximate surface area is 169 Å². The fourth-order valence-corrected chi connectivity index (χ4v) is 5.27. The number of hydrogen-bond donors (Lipinski definition) is 0. The lowest BCUT2D eigenvalue weighted by atomic mass is 10.1. The molecular weight excluding hydrogens is 392 g/mol. The van der Waals surface area contributed by atoms with E-state index in [1.54, 1.807) is 28.4 Å². The summed E-state index contributed by atoms with van der Waals surface area (Å²) in [5.41, 5.74) is 2.55. The predicted molar refractivity (Wildman–Crippen MR) is 111 cm³/mol. The van der Waals surface area contributed by atoms with Crippen LogP contribution in [-0.4, -0.2) is 38.6 Å². The maximum absolute atomic E-state index is 12.6. The first-order valence-corrected chi connectivity index (χ1v) is 10.8. The number of thiazole rings is 1. The summed E-state index contributed by atoms with van der Waals surface area (Å²) < 4.78 is 3.15. The normalized spacial score (nSPS) is 14.4. The van der Waals surface area contributed by atoms with Crippen LogP contribution in [0.5, 0.6) is 0 Å². The molecule has 1 amide bonds. The van der Waals surface area contributed by atoms with Crippen LogP contribution < -0.4 is 4.90 Å².